The number of aromatic nitrogens is 2. The Morgan fingerprint density at radius 1 is 1.10 bits per heavy atom. The number of aliphatic imine (C=N–C) groups is 1. The summed E-state index contributed by atoms with van der Waals surface area (Å²) in [5.74, 6) is 0.590. The van der Waals surface area contributed by atoms with E-state index in [-0.39, 0.29) is 5.75 Å². The second kappa shape index (κ2) is 12.4. The molecule has 0 atom stereocenters. The summed E-state index contributed by atoms with van der Waals surface area (Å²) in [5, 5.41) is 13.4. The van der Waals surface area contributed by atoms with Gasteiger partial charge in [0.25, 0.3) is 0 Å². The Morgan fingerprint density at radius 2 is 1.80 bits per heavy atom. The van der Waals surface area contributed by atoms with E-state index in [4.69, 9.17) is 12.2 Å². The average molecular weight is 582 g/mol. The standard InChI is InChI=1S/C29H30F3N7OS/c1-18(2)22-8-6-7-9-24(22)35-28(41)36-34-17-19-10-15-23-25(16-19)39(5)37-26(23)27(33-3)38(4)20-11-13-21(14-12-20)40-29(30,31)32/h6-18H,1-5H3,(H2,35,36,41)/b33-27+,34-17?. The Labute approximate surface area is 241 Å². The highest BCUT2D eigenvalue weighted by atomic mass is 32.1. The number of thiocarbonyl (C=S) groups is 1. The first-order chi connectivity index (χ1) is 19.5. The highest BCUT2D eigenvalue weighted by Crippen LogP contribution is 2.27. The molecule has 0 radical (unpaired) electrons. The first-order valence-corrected chi connectivity index (χ1v) is 13.1. The second-order valence-corrected chi connectivity index (χ2v) is 9.87. The molecule has 0 saturated carbocycles. The maximum atomic E-state index is 12.5. The molecule has 1 aromatic heterocycles. The molecule has 0 aliphatic carbocycles. The number of ether oxygens (including phenoxy) is 1. The van der Waals surface area contributed by atoms with Gasteiger partial charge in [0.1, 0.15) is 11.4 Å². The summed E-state index contributed by atoms with van der Waals surface area (Å²) in [5.41, 5.74) is 7.87. The Hall–Kier alpha value is -4.45. The molecule has 8 nitrogen and oxygen atoms in total. The average Bonchev–Trinajstić information content (AvgIpc) is 3.24. The van der Waals surface area contributed by atoms with Crippen LogP contribution in [0.1, 0.15) is 36.6 Å². The normalized spacial score (nSPS) is 12.3. The van der Waals surface area contributed by atoms with Crippen molar-refractivity contribution in [2.75, 3.05) is 24.3 Å². The fourth-order valence-electron chi connectivity index (χ4n) is 4.36. The summed E-state index contributed by atoms with van der Waals surface area (Å²) in [6.07, 6.45) is -3.08. The third-order valence-corrected chi connectivity index (χ3v) is 6.48. The smallest absolute Gasteiger partial charge is 0.406 e. The molecule has 0 saturated heterocycles. The van der Waals surface area contributed by atoms with Gasteiger partial charge in [0, 0.05) is 37.9 Å². The van der Waals surface area contributed by atoms with E-state index >= 15 is 0 Å². The van der Waals surface area contributed by atoms with E-state index in [0.29, 0.717) is 28.2 Å². The van der Waals surface area contributed by atoms with Gasteiger partial charge in [0.15, 0.2) is 10.9 Å². The summed E-state index contributed by atoms with van der Waals surface area (Å²) in [7, 11) is 5.23. The molecule has 214 valence electrons. The van der Waals surface area contributed by atoms with Crippen LogP contribution in [0.3, 0.4) is 0 Å². The van der Waals surface area contributed by atoms with Crippen LogP contribution < -0.4 is 20.4 Å². The van der Waals surface area contributed by atoms with E-state index in [0.717, 1.165) is 27.7 Å². The van der Waals surface area contributed by atoms with Crippen molar-refractivity contribution >= 4 is 51.7 Å². The van der Waals surface area contributed by atoms with Crippen molar-refractivity contribution < 1.29 is 17.9 Å². The van der Waals surface area contributed by atoms with Crippen LogP contribution in [0, 0.1) is 0 Å². The van der Waals surface area contributed by atoms with Crippen LogP contribution in [-0.2, 0) is 7.05 Å². The number of para-hydroxylation sites is 1. The number of hydrazone groups is 1. The quantitative estimate of drug-likeness (QED) is 0.113. The fraction of sp³-hybridized carbons (Fsp3) is 0.241. The number of alkyl halides is 3. The fourth-order valence-corrected chi connectivity index (χ4v) is 4.52. The molecular formula is C29H30F3N7OS. The van der Waals surface area contributed by atoms with Crippen LogP contribution in [0.15, 0.2) is 76.8 Å². The summed E-state index contributed by atoms with van der Waals surface area (Å²) in [4.78, 5) is 6.17. The minimum Gasteiger partial charge on any atom is -0.406 e. The first-order valence-electron chi connectivity index (χ1n) is 12.7. The number of rotatable bonds is 7. The van der Waals surface area contributed by atoms with Crippen LogP contribution in [0.5, 0.6) is 5.75 Å². The summed E-state index contributed by atoms with van der Waals surface area (Å²) >= 11 is 5.41. The maximum Gasteiger partial charge on any atom is 0.573 e. The molecule has 12 heteroatoms. The van der Waals surface area contributed by atoms with Crippen molar-refractivity contribution in [1.29, 1.82) is 0 Å². The molecule has 4 aromatic rings. The van der Waals surface area contributed by atoms with Crippen LogP contribution in [-0.4, -0.2) is 47.4 Å². The van der Waals surface area contributed by atoms with Crippen LogP contribution >= 0.6 is 12.2 Å². The minimum absolute atomic E-state index is 0.298. The Balaban J connectivity index is 1.49. The number of nitrogens with one attached hydrogen (secondary N) is 2. The highest BCUT2D eigenvalue weighted by Gasteiger charge is 2.31. The first kappa shape index (κ1) is 29.5. The molecule has 0 aliphatic heterocycles. The van der Waals surface area contributed by atoms with E-state index < -0.39 is 6.36 Å². The summed E-state index contributed by atoms with van der Waals surface area (Å²) < 4.78 is 43.3. The van der Waals surface area contributed by atoms with Gasteiger partial charge >= 0.3 is 6.36 Å². The molecule has 3 aromatic carbocycles. The van der Waals surface area contributed by atoms with Crippen LogP contribution in [0.4, 0.5) is 24.5 Å². The Bertz CT molecular complexity index is 1590. The van der Waals surface area contributed by atoms with Crippen molar-refractivity contribution in [3.8, 4) is 5.75 Å². The third kappa shape index (κ3) is 7.20. The molecule has 0 amide bonds. The lowest BCUT2D eigenvalue weighted by molar-refractivity contribution is -0.274. The predicted molar refractivity (Wildman–Crippen MR) is 162 cm³/mol. The van der Waals surface area contributed by atoms with E-state index in [1.807, 2.05) is 43.4 Å². The number of halogens is 3. The second-order valence-electron chi connectivity index (χ2n) is 9.46. The van der Waals surface area contributed by atoms with Gasteiger partial charge in [-0.1, -0.05) is 38.1 Å². The number of aryl methyl sites for hydroxylation is 1. The Kier molecular flexibility index (Phi) is 8.92. The maximum absolute atomic E-state index is 12.5. The topological polar surface area (TPSA) is 79.1 Å². The van der Waals surface area contributed by atoms with Gasteiger partial charge in [-0.25, -0.2) is 0 Å². The largest absolute Gasteiger partial charge is 0.573 e. The third-order valence-electron chi connectivity index (χ3n) is 6.29. The number of nitrogens with zero attached hydrogens (tertiary/aromatic N) is 5. The lowest BCUT2D eigenvalue weighted by Gasteiger charge is -2.20. The van der Waals surface area contributed by atoms with E-state index in [1.165, 1.54) is 24.3 Å². The number of benzene rings is 3. The van der Waals surface area contributed by atoms with Crippen molar-refractivity contribution in [3.05, 3.63) is 83.6 Å². The van der Waals surface area contributed by atoms with Gasteiger partial charge in [0.2, 0.25) is 0 Å². The highest BCUT2D eigenvalue weighted by molar-refractivity contribution is 7.80. The van der Waals surface area contributed by atoms with Crippen molar-refractivity contribution in [3.63, 3.8) is 0 Å². The lowest BCUT2D eigenvalue weighted by Crippen LogP contribution is -2.28. The summed E-state index contributed by atoms with van der Waals surface area (Å²) in [6, 6.07) is 19.3. The van der Waals surface area contributed by atoms with Gasteiger partial charge in [-0.3, -0.25) is 15.1 Å². The molecule has 0 bridgehead atoms. The van der Waals surface area contributed by atoms with Gasteiger partial charge in [-0.2, -0.15) is 10.2 Å². The Morgan fingerprint density at radius 3 is 2.46 bits per heavy atom. The van der Waals surface area contributed by atoms with E-state index in [2.05, 4.69) is 50.6 Å². The van der Waals surface area contributed by atoms with Crippen molar-refractivity contribution in [1.82, 2.24) is 15.2 Å². The zero-order valence-corrected chi connectivity index (χ0v) is 24.0. The molecule has 4 rings (SSSR count). The van der Waals surface area contributed by atoms with Gasteiger partial charge in [-0.05, 0) is 71.7 Å². The minimum atomic E-state index is -4.75. The number of hydrogen-bond donors (Lipinski definition) is 2. The molecule has 0 unspecified atom stereocenters. The number of amidine groups is 1. The number of hydrogen-bond acceptors (Lipinski definition) is 5. The van der Waals surface area contributed by atoms with Crippen LogP contribution in [0.25, 0.3) is 10.9 Å². The molecular weight excluding hydrogens is 551 g/mol. The molecule has 0 fully saturated rings. The molecule has 0 aliphatic rings. The molecule has 1 heterocycles. The number of anilines is 2. The monoisotopic (exact) mass is 581 g/mol. The molecule has 41 heavy (non-hydrogen) atoms. The zero-order chi connectivity index (χ0) is 29.7. The van der Waals surface area contributed by atoms with Gasteiger partial charge < -0.3 is 15.0 Å². The SMILES string of the molecule is C/N=C(\c1nn(C)c2cc(C=NNC(=S)Nc3ccccc3C(C)C)ccc12)N(C)c1ccc(OC(F)(F)F)cc1. The lowest BCUT2D eigenvalue weighted by atomic mass is 10.0. The van der Waals surface area contributed by atoms with Gasteiger partial charge in [-0.15, -0.1) is 13.2 Å². The predicted octanol–water partition coefficient (Wildman–Crippen LogP) is 6.43. The van der Waals surface area contributed by atoms with Crippen molar-refractivity contribution in [2.24, 2.45) is 17.1 Å². The van der Waals surface area contributed by atoms with Crippen LogP contribution in [0.2, 0.25) is 0 Å². The molecule has 0 spiro atoms. The van der Waals surface area contributed by atoms with Crippen molar-refractivity contribution in [2.45, 2.75) is 26.1 Å². The zero-order valence-electron chi connectivity index (χ0n) is 23.2. The molecule has 2 N–H and O–H groups in total. The number of fused-ring (bicyclic) bond motifs is 1. The van der Waals surface area contributed by atoms with E-state index in [1.54, 1.807) is 29.9 Å². The van der Waals surface area contributed by atoms with Gasteiger partial charge in [0.05, 0.1) is 11.7 Å². The van der Waals surface area contributed by atoms with E-state index in [9.17, 15) is 13.2 Å². The summed E-state index contributed by atoms with van der Waals surface area (Å²) in [6.45, 7) is 4.24.